The molecule has 2 unspecified atom stereocenters. The maximum absolute atomic E-state index is 11.9. The van der Waals surface area contributed by atoms with Gasteiger partial charge in [0.25, 0.3) is 0 Å². The minimum absolute atomic E-state index is 0.156. The fraction of sp³-hybridized carbons (Fsp3) is 0.733. The smallest absolute Gasteiger partial charge is 0.242 e. The molecule has 5 N–H and O–H groups in total. The monoisotopic (exact) mass is 372 g/mol. The Labute approximate surface area is 152 Å². The Balaban J connectivity index is 2.13. The zero-order valence-electron chi connectivity index (χ0n) is 15.0. The zero-order chi connectivity index (χ0) is 18.8. The van der Waals surface area contributed by atoms with Crippen LogP contribution in [0.2, 0.25) is 0 Å². The summed E-state index contributed by atoms with van der Waals surface area (Å²) in [7, 11) is 4.95. The number of carbonyl (C=O) groups is 3. The molecule has 2 atom stereocenters. The summed E-state index contributed by atoms with van der Waals surface area (Å²) >= 11 is 1.39. The highest BCUT2D eigenvalue weighted by Crippen LogP contribution is 2.23. The number of hydrogen-bond donors (Lipinski definition) is 4. The van der Waals surface area contributed by atoms with Crippen molar-refractivity contribution in [1.82, 2.24) is 20.9 Å². The van der Waals surface area contributed by atoms with Gasteiger partial charge in [0.05, 0.1) is 11.3 Å². The predicted molar refractivity (Wildman–Crippen MR) is 99.3 cm³/mol. The van der Waals surface area contributed by atoms with Crippen molar-refractivity contribution in [2.24, 2.45) is 10.7 Å². The molecule has 0 aromatic heterocycles. The lowest BCUT2D eigenvalue weighted by Gasteiger charge is -2.14. The molecule has 1 aliphatic heterocycles. The van der Waals surface area contributed by atoms with E-state index in [4.69, 9.17) is 5.73 Å². The molecule has 1 aliphatic rings. The first-order valence-corrected chi connectivity index (χ1v) is 9.29. The maximum Gasteiger partial charge on any atom is 0.242 e. The van der Waals surface area contributed by atoms with Crippen molar-refractivity contribution < 1.29 is 14.4 Å². The van der Waals surface area contributed by atoms with E-state index in [1.165, 1.54) is 18.8 Å². The van der Waals surface area contributed by atoms with Crippen LogP contribution in [0.3, 0.4) is 0 Å². The number of imide groups is 1. The number of nitrogens with zero attached hydrogens (tertiary/aromatic N) is 2. The Bertz CT molecular complexity index is 513. The summed E-state index contributed by atoms with van der Waals surface area (Å²) in [4.78, 5) is 40.2. The molecule has 1 fully saturated rings. The standard InChI is InChI=1S/C15H28N6O3S/c1-17-15(18-2)20-6-4-5-10(16)13(23)19-7-8-25-11-9-12(22)21(3)14(11)24/h10-11H,4-9,16H2,1-3H3,(H,19,23)(H2,17,18,20). The van der Waals surface area contributed by atoms with Crippen LogP contribution >= 0.6 is 11.8 Å². The van der Waals surface area contributed by atoms with Gasteiger partial charge in [0.1, 0.15) is 0 Å². The number of rotatable bonds is 9. The van der Waals surface area contributed by atoms with Gasteiger partial charge in [0.2, 0.25) is 17.7 Å². The molecule has 0 radical (unpaired) electrons. The normalized spacial score (nSPS) is 19.1. The molecular weight excluding hydrogens is 344 g/mol. The van der Waals surface area contributed by atoms with Crippen molar-refractivity contribution in [3.63, 3.8) is 0 Å². The van der Waals surface area contributed by atoms with Gasteiger partial charge in [-0.05, 0) is 12.8 Å². The third-order valence-corrected chi connectivity index (χ3v) is 5.05. The molecule has 1 rings (SSSR count). The quantitative estimate of drug-likeness (QED) is 0.168. The topological polar surface area (TPSA) is 129 Å². The molecular formula is C15H28N6O3S. The van der Waals surface area contributed by atoms with Crippen molar-refractivity contribution >= 4 is 35.4 Å². The lowest BCUT2D eigenvalue weighted by molar-refractivity contribution is -0.136. The lowest BCUT2D eigenvalue weighted by Crippen LogP contribution is -2.42. The molecule has 0 aromatic carbocycles. The number of carbonyl (C=O) groups excluding carboxylic acids is 3. The van der Waals surface area contributed by atoms with Crippen molar-refractivity contribution in [2.45, 2.75) is 30.6 Å². The fourth-order valence-corrected chi connectivity index (χ4v) is 3.36. The fourth-order valence-electron chi connectivity index (χ4n) is 2.30. The first-order chi connectivity index (χ1) is 11.9. The third kappa shape index (κ3) is 6.91. The first kappa shape index (κ1) is 21.2. The van der Waals surface area contributed by atoms with E-state index in [0.29, 0.717) is 31.2 Å². The number of aliphatic imine (C=N–C) groups is 1. The number of likely N-dealkylation sites (tertiary alicyclic amines) is 1. The summed E-state index contributed by atoms with van der Waals surface area (Å²) in [6.45, 7) is 1.10. The molecule has 10 heteroatoms. The molecule has 1 heterocycles. The highest BCUT2D eigenvalue weighted by atomic mass is 32.2. The van der Waals surface area contributed by atoms with Gasteiger partial charge >= 0.3 is 0 Å². The van der Waals surface area contributed by atoms with Crippen LogP contribution in [-0.4, -0.2) is 79.9 Å². The SMILES string of the molecule is C/N=C(\NC)NCCCC(N)C(=O)NCCSC1CC(=O)N(C)C1=O. The van der Waals surface area contributed by atoms with E-state index < -0.39 is 6.04 Å². The Morgan fingerprint density at radius 1 is 1.40 bits per heavy atom. The minimum atomic E-state index is -0.566. The second-order valence-electron chi connectivity index (χ2n) is 5.64. The van der Waals surface area contributed by atoms with Gasteiger partial charge in [-0.2, -0.15) is 0 Å². The molecule has 25 heavy (non-hydrogen) atoms. The molecule has 0 spiro atoms. The zero-order valence-corrected chi connectivity index (χ0v) is 15.8. The van der Waals surface area contributed by atoms with E-state index in [-0.39, 0.29) is 29.4 Å². The van der Waals surface area contributed by atoms with Crippen molar-refractivity contribution in [1.29, 1.82) is 0 Å². The van der Waals surface area contributed by atoms with E-state index in [0.717, 1.165) is 11.3 Å². The Morgan fingerprint density at radius 2 is 2.12 bits per heavy atom. The Kier molecular flexibility index (Phi) is 9.28. The second kappa shape index (κ2) is 10.9. The number of amides is 3. The van der Waals surface area contributed by atoms with Crippen LogP contribution in [0.4, 0.5) is 0 Å². The van der Waals surface area contributed by atoms with Crippen molar-refractivity contribution in [2.75, 3.05) is 40.0 Å². The van der Waals surface area contributed by atoms with Crippen LogP contribution in [0.15, 0.2) is 4.99 Å². The van der Waals surface area contributed by atoms with Gasteiger partial charge in [0, 0.05) is 46.4 Å². The average Bonchev–Trinajstić information content (AvgIpc) is 2.85. The van der Waals surface area contributed by atoms with E-state index in [1.54, 1.807) is 14.1 Å². The van der Waals surface area contributed by atoms with Gasteiger partial charge in [-0.15, -0.1) is 11.8 Å². The number of hydrogen-bond acceptors (Lipinski definition) is 6. The van der Waals surface area contributed by atoms with Crippen LogP contribution in [0.25, 0.3) is 0 Å². The summed E-state index contributed by atoms with van der Waals surface area (Å²) in [5.41, 5.74) is 5.86. The Morgan fingerprint density at radius 3 is 2.68 bits per heavy atom. The summed E-state index contributed by atoms with van der Waals surface area (Å²) in [6.07, 6.45) is 1.54. The van der Waals surface area contributed by atoms with E-state index in [2.05, 4.69) is 20.9 Å². The molecule has 1 saturated heterocycles. The van der Waals surface area contributed by atoms with E-state index in [9.17, 15) is 14.4 Å². The maximum atomic E-state index is 11.9. The van der Waals surface area contributed by atoms with Gasteiger partial charge in [-0.3, -0.25) is 24.3 Å². The highest BCUT2D eigenvalue weighted by molar-refractivity contribution is 8.00. The van der Waals surface area contributed by atoms with Gasteiger partial charge < -0.3 is 21.7 Å². The number of thioether (sulfide) groups is 1. The minimum Gasteiger partial charge on any atom is -0.359 e. The largest absolute Gasteiger partial charge is 0.359 e. The van der Waals surface area contributed by atoms with Crippen molar-refractivity contribution in [3.8, 4) is 0 Å². The molecule has 0 aliphatic carbocycles. The summed E-state index contributed by atoms with van der Waals surface area (Å²) in [5, 5.41) is 8.43. The summed E-state index contributed by atoms with van der Waals surface area (Å²) < 4.78 is 0. The molecule has 3 amide bonds. The molecule has 0 saturated carbocycles. The Hall–Kier alpha value is -1.81. The van der Waals surface area contributed by atoms with Crippen LogP contribution in [-0.2, 0) is 14.4 Å². The predicted octanol–water partition coefficient (Wildman–Crippen LogP) is -1.50. The van der Waals surface area contributed by atoms with Crippen molar-refractivity contribution in [3.05, 3.63) is 0 Å². The number of guanidine groups is 1. The van der Waals surface area contributed by atoms with Crippen LogP contribution in [0.5, 0.6) is 0 Å². The first-order valence-electron chi connectivity index (χ1n) is 8.24. The molecule has 142 valence electrons. The molecule has 9 nitrogen and oxygen atoms in total. The lowest BCUT2D eigenvalue weighted by atomic mass is 10.1. The van der Waals surface area contributed by atoms with Crippen LogP contribution < -0.4 is 21.7 Å². The van der Waals surface area contributed by atoms with E-state index >= 15 is 0 Å². The van der Waals surface area contributed by atoms with E-state index in [1.807, 2.05) is 0 Å². The van der Waals surface area contributed by atoms with Gasteiger partial charge in [-0.1, -0.05) is 0 Å². The van der Waals surface area contributed by atoms with Gasteiger partial charge in [0.15, 0.2) is 5.96 Å². The summed E-state index contributed by atoms with van der Waals surface area (Å²) in [5.74, 6) is 0.736. The molecule has 0 bridgehead atoms. The average molecular weight is 372 g/mol. The van der Waals surface area contributed by atoms with Gasteiger partial charge in [-0.25, -0.2) is 0 Å². The number of nitrogens with two attached hydrogens (primary N) is 1. The van der Waals surface area contributed by atoms with Crippen LogP contribution in [0.1, 0.15) is 19.3 Å². The van der Waals surface area contributed by atoms with Crippen LogP contribution in [0, 0.1) is 0 Å². The second-order valence-corrected chi connectivity index (χ2v) is 6.95. The number of nitrogens with one attached hydrogen (secondary N) is 3. The summed E-state index contributed by atoms with van der Waals surface area (Å²) in [6, 6.07) is -0.566. The molecule has 0 aromatic rings. The third-order valence-electron chi connectivity index (χ3n) is 3.84. The highest BCUT2D eigenvalue weighted by Gasteiger charge is 2.35.